The van der Waals surface area contributed by atoms with Crippen molar-refractivity contribution in [2.75, 3.05) is 31.6 Å². The molecule has 0 amide bonds. The van der Waals surface area contributed by atoms with Crippen LogP contribution in [0.15, 0.2) is 66.7 Å². The molecular weight excluding hydrogens is 501 g/mol. The van der Waals surface area contributed by atoms with Crippen molar-refractivity contribution in [1.82, 2.24) is 4.31 Å². The van der Waals surface area contributed by atoms with Crippen molar-refractivity contribution in [3.05, 3.63) is 94.8 Å². The number of anilines is 2. The molecule has 0 radical (unpaired) electrons. The van der Waals surface area contributed by atoms with Crippen molar-refractivity contribution >= 4 is 27.6 Å². The minimum atomic E-state index is -3.43. The summed E-state index contributed by atoms with van der Waals surface area (Å²) in [6, 6.07) is 20.6. The van der Waals surface area contributed by atoms with Gasteiger partial charge in [-0.3, -0.25) is 0 Å². The van der Waals surface area contributed by atoms with Crippen molar-refractivity contribution in [2.45, 2.75) is 36.3 Å². The Morgan fingerprint density at radius 3 is 2.47 bits per heavy atom. The van der Waals surface area contributed by atoms with E-state index in [4.69, 9.17) is 10.1 Å². The lowest BCUT2D eigenvalue weighted by molar-refractivity contribution is 0.0972. The van der Waals surface area contributed by atoms with Crippen LogP contribution in [0.2, 0.25) is 0 Å². The summed E-state index contributed by atoms with van der Waals surface area (Å²) >= 11 is 0. The second-order valence-corrected chi connectivity index (χ2v) is 12.9. The van der Waals surface area contributed by atoms with Gasteiger partial charge < -0.3 is 15.5 Å². The van der Waals surface area contributed by atoms with Crippen molar-refractivity contribution in [3.63, 3.8) is 0 Å². The molecule has 6 rings (SSSR count). The number of halogens is 1. The van der Waals surface area contributed by atoms with E-state index in [1.165, 1.54) is 23.9 Å². The van der Waals surface area contributed by atoms with E-state index in [1.54, 1.807) is 16.4 Å². The molecule has 2 heterocycles. The molecule has 8 heteroatoms. The van der Waals surface area contributed by atoms with Gasteiger partial charge in [0.15, 0.2) is 0 Å². The number of fused-ring (bicyclic) bond motifs is 1. The Balaban J connectivity index is 1.38. The lowest BCUT2D eigenvalue weighted by Gasteiger charge is -2.30. The first kappa shape index (κ1) is 25.2. The maximum atomic E-state index is 13.7. The monoisotopic (exact) mass is 533 g/mol. The molecule has 3 aliphatic rings. The van der Waals surface area contributed by atoms with Crippen LogP contribution < -0.4 is 5.32 Å². The van der Waals surface area contributed by atoms with E-state index in [0.717, 1.165) is 22.5 Å². The minimum Gasteiger partial charge on any atom is -0.381 e. The highest BCUT2D eigenvalue weighted by atomic mass is 32.2. The molecule has 2 saturated heterocycles. The molecule has 0 spiro atoms. The molecule has 198 valence electrons. The average molecular weight is 534 g/mol. The number of ether oxygens (including phenoxy) is 1. The van der Waals surface area contributed by atoms with Crippen LogP contribution in [0.1, 0.15) is 41.0 Å². The number of sulfonamides is 1. The standard InChI is InChI=1S/C30H32FN3O3S/c1-20-15-28(33-24-9-7-23(31)8-10-24)22(17-32)16-26(20)30-19-34(38(35,36)25-11-13-37-14-12-25)18-27(30)29(30)21-5-3-2-4-6-21/h2-10,15-17,25,27,29,32-33H,11-14,18-19H2,1H3/t27-,29-,30+/m1/s1. The number of rotatable bonds is 7. The van der Waals surface area contributed by atoms with Crippen LogP contribution in [0.5, 0.6) is 0 Å². The molecule has 0 aromatic heterocycles. The van der Waals surface area contributed by atoms with E-state index >= 15 is 0 Å². The van der Waals surface area contributed by atoms with Gasteiger partial charge in [-0.1, -0.05) is 30.3 Å². The van der Waals surface area contributed by atoms with E-state index in [2.05, 4.69) is 30.4 Å². The topological polar surface area (TPSA) is 82.5 Å². The summed E-state index contributed by atoms with van der Waals surface area (Å²) in [6.07, 6.45) is 2.41. The predicted octanol–water partition coefficient (Wildman–Crippen LogP) is 5.35. The fourth-order valence-electron chi connectivity index (χ4n) is 6.74. The van der Waals surface area contributed by atoms with Gasteiger partial charge in [0, 0.05) is 60.8 Å². The number of nitrogens with one attached hydrogen (secondary N) is 2. The predicted molar refractivity (Wildman–Crippen MR) is 147 cm³/mol. The summed E-state index contributed by atoms with van der Waals surface area (Å²) in [5.74, 6) is 0.0902. The third-order valence-electron chi connectivity index (χ3n) is 8.63. The van der Waals surface area contributed by atoms with Gasteiger partial charge in [0.25, 0.3) is 0 Å². The van der Waals surface area contributed by atoms with Gasteiger partial charge in [0.2, 0.25) is 10.0 Å². The van der Waals surface area contributed by atoms with E-state index in [9.17, 15) is 12.8 Å². The highest BCUT2D eigenvalue weighted by Crippen LogP contribution is 2.70. The number of aryl methyl sites for hydroxylation is 1. The summed E-state index contributed by atoms with van der Waals surface area (Å²) in [5, 5.41) is 11.1. The average Bonchev–Trinajstić information content (AvgIpc) is 3.39. The molecular formula is C30H32FN3O3S. The fourth-order valence-corrected chi connectivity index (χ4v) is 8.71. The van der Waals surface area contributed by atoms with Gasteiger partial charge in [0.05, 0.1) is 5.25 Å². The Bertz CT molecular complexity index is 1460. The van der Waals surface area contributed by atoms with Crippen LogP contribution in [0, 0.1) is 24.1 Å². The highest BCUT2D eigenvalue weighted by Gasteiger charge is 2.71. The second kappa shape index (κ2) is 9.59. The lowest BCUT2D eigenvalue weighted by atomic mass is 9.86. The smallest absolute Gasteiger partial charge is 0.217 e. The van der Waals surface area contributed by atoms with Crippen LogP contribution in [0.4, 0.5) is 15.8 Å². The zero-order valence-corrected chi connectivity index (χ0v) is 22.2. The molecule has 1 saturated carbocycles. The molecule has 3 aromatic carbocycles. The Kier molecular flexibility index (Phi) is 6.37. The summed E-state index contributed by atoms with van der Waals surface area (Å²) < 4.78 is 47.9. The molecule has 2 N–H and O–H groups in total. The molecule has 3 fully saturated rings. The molecule has 3 atom stereocenters. The van der Waals surface area contributed by atoms with E-state index < -0.39 is 10.0 Å². The SMILES string of the molecule is Cc1cc(Nc2ccc(F)cc2)c(C=N)cc1[C@@]12CN(S(=O)(=O)C3CCOCC3)C[C@@H]1[C@H]2c1ccccc1. The molecule has 38 heavy (non-hydrogen) atoms. The number of piperidine rings is 1. The van der Waals surface area contributed by atoms with E-state index in [-0.39, 0.29) is 28.3 Å². The third kappa shape index (κ3) is 4.15. The van der Waals surface area contributed by atoms with Gasteiger partial charge in [-0.25, -0.2) is 17.1 Å². The highest BCUT2D eigenvalue weighted by molar-refractivity contribution is 7.89. The molecule has 0 bridgehead atoms. The molecule has 1 aliphatic carbocycles. The summed E-state index contributed by atoms with van der Waals surface area (Å²) in [6.45, 7) is 3.99. The summed E-state index contributed by atoms with van der Waals surface area (Å²) in [4.78, 5) is 0. The van der Waals surface area contributed by atoms with Crippen LogP contribution in [-0.4, -0.2) is 50.5 Å². The quantitative estimate of drug-likeness (QED) is 0.401. The van der Waals surface area contributed by atoms with Gasteiger partial charge in [-0.15, -0.1) is 0 Å². The Hall–Kier alpha value is -3.07. The van der Waals surface area contributed by atoms with Crippen LogP contribution in [-0.2, 0) is 20.2 Å². The van der Waals surface area contributed by atoms with Gasteiger partial charge in [0.1, 0.15) is 5.82 Å². The number of benzene rings is 3. The largest absolute Gasteiger partial charge is 0.381 e. The first-order chi connectivity index (χ1) is 18.3. The third-order valence-corrected chi connectivity index (χ3v) is 10.9. The van der Waals surface area contributed by atoms with Gasteiger partial charge in [-0.05, 0) is 78.8 Å². The van der Waals surface area contributed by atoms with Crippen LogP contribution >= 0.6 is 0 Å². The number of hydrogen-bond acceptors (Lipinski definition) is 5. The lowest BCUT2D eigenvalue weighted by Crippen LogP contribution is -2.42. The molecule has 3 aromatic rings. The van der Waals surface area contributed by atoms with Crippen molar-refractivity contribution in [2.24, 2.45) is 5.92 Å². The fraction of sp³-hybridized carbons (Fsp3) is 0.367. The zero-order valence-electron chi connectivity index (χ0n) is 21.4. The minimum absolute atomic E-state index is 0.174. The van der Waals surface area contributed by atoms with Crippen molar-refractivity contribution in [1.29, 1.82) is 5.41 Å². The summed E-state index contributed by atoms with van der Waals surface area (Å²) in [7, 11) is -3.43. The van der Waals surface area contributed by atoms with Crippen molar-refractivity contribution < 1.29 is 17.5 Å². The Labute approximate surface area is 223 Å². The maximum absolute atomic E-state index is 13.7. The molecule has 2 aliphatic heterocycles. The first-order valence-electron chi connectivity index (χ1n) is 13.1. The zero-order chi connectivity index (χ0) is 26.5. The first-order valence-corrected chi connectivity index (χ1v) is 14.6. The van der Waals surface area contributed by atoms with E-state index in [0.29, 0.717) is 44.7 Å². The molecule has 6 nitrogen and oxygen atoms in total. The van der Waals surface area contributed by atoms with Crippen LogP contribution in [0.3, 0.4) is 0 Å². The van der Waals surface area contributed by atoms with Crippen molar-refractivity contribution in [3.8, 4) is 0 Å². The maximum Gasteiger partial charge on any atom is 0.217 e. The molecule has 0 unspecified atom stereocenters. The number of hydrogen-bond donors (Lipinski definition) is 2. The number of nitrogens with zero attached hydrogens (tertiary/aromatic N) is 1. The Morgan fingerprint density at radius 1 is 1.08 bits per heavy atom. The Morgan fingerprint density at radius 2 is 1.79 bits per heavy atom. The summed E-state index contributed by atoms with van der Waals surface area (Å²) in [5.41, 5.74) is 5.26. The van der Waals surface area contributed by atoms with E-state index in [1.807, 2.05) is 24.3 Å². The van der Waals surface area contributed by atoms with Gasteiger partial charge >= 0.3 is 0 Å². The normalized spacial score (nSPS) is 25.6. The van der Waals surface area contributed by atoms with Crippen LogP contribution in [0.25, 0.3) is 0 Å². The second-order valence-electron chi connectivity index (χ2n) is 10.7. The van der Waals surface area contributed by atoms with Gasteiger partial charge in [-0.2, -0.15) is 0 Å².